The number of aromatic nitrogens is 1. The van der Waals surface area contributed by atoms with Crippen LogP contribution in [-0.2, 0) is 0 Å². The van der Waals surface area contributed by atoms with Crippen LogP contribution < -0.4 is 0 Å². The number of hydrogen-bond donors (Lipinski definition) is 0. The lowest BCUT2D eigenvalue weighted by Crippen LogP contribution is -1.94. The number of benzene rings is 2. The van der Waals surface area contributed by atoms with Crippen LogP contribution in [0, 0.1) is 0 Å². The minimum Gasteiger partial charge on any atom is -0.443 e. The van der Waals surface area contributed by atoms with Gasteiger partial charge in [0.25, 0.3) is 0 Å². The van der Waals surface area contributed by atoms with Crippen molar-refractivity contribution in [1.29, 1.82) is 0 Å². The molecule has 3 aromatic rings. The molecule has 0 amide bonds. The second kappa shape index (κ2) is 4.20. The SMILES string of the molecule is IC1c2ccccc2-c2ncoc2-c2ccccc21. The smallest absolute Gasteiger partial charge is 0.182 e. The van der Waals surface area contributed by atoms with Gasteiger partial charge in [-0.25, -0.2) is 4.98 Å². The summed E-state index contributed by atoms with van der Waals surface area (Å²) in [5.41, 5.74) is 5.84. The molecular weight excluding hydrogens is 349 g/mol. The highest BCUT2D eigenvalue weighted by molar-refractivity contribution is 14.1. The fourth-order valence-electron chi connectivity index (χ4n) is 2.66. The van der Waals surface area contributed by atoms with E-state index < -0.39 is 0 Å². The minimum absolute atomic E-state index is 0.314. The van der Waals surface area contributed by atoms with E-state index in [1.807, 2.05) is 6.07 Å². The van der Waals surface area contributed by atoms with E-state index in [0.29, 0.717) is 3.92 Å². The van der Waals surface area contributed by atoms with E-state index in [4.69, 9.17) is 4.42 Å². The minimum atomic E-state index is 0.314. The molecule has 1 aliphatic rings. The summed E-state index contributed by atoms with van der Waals surface area (Å²) in [6, 6.07) is 16.8. The Morgan fingerprint density at radius 3 is 2.32 bits per heavy atom. The average Bonchev–Trinajstić information content (AvgIpc) is 2.92. The molecule has 0 N–H and O–H groups in total. The fourth-order valence-corrected chi connectivity index (χ4v) is 3.74. The molecule has 92 valence electrons. The average molecular weight is 359 g/mol. The van der Waals surface area contributed by atoms with E-state index in [2.05, 4.69) is 70.0 Å². The summed E-state index contributed by atoms with van der Waals surface area (Å²) in [6.45, 7) is 0. The third-order valence-corrected chi connectivity index (χ3v) is 4.88. The van der Waals surface area contributed by atoms with Crippen LogP contribution in [0.2, 0.25) is 0 Å². The van der Waals surface area contributed by atoms with Crippen LogP contribution in [-0.4, -0.2) is 4.98 Å². The summed E-state index contributed by atoms with van der Waals surface area (Å²) in [5.74, 6) is 0.877. The lowest BCUT2D eigenvalue weighted by molar-refractivity contribution is 0.572. The van der Waals surface area contributed by atoms with Crippen molar-refractivity contribution in [2.45, 2.75) is 3.92 Å². The maximum atomic E-state index is 5.65. The zero-order valence-corrected chi connectivity index (χ0v) is 12.2. The van der Waals surface area contributed by atoms with Gasteiger partial charge >= 0.3 is 0 Å². The van der Waals surface area contributed by atoms with Gasteiger partial charge in [0.1, 0.15) is 5.69 Å². The highest BCUT2D eigenvalue weighted by Gasteiger charge is 2.27. The standard InChI is InChI=1S/C16H10INO/c17-14-10-5-1-3-7-12(10)15-16(19-9-18-15)13-8-4-2-6-11(13)14/h1-9,14H. The Morgan fingerprint density at radius 1 is 0.895 bits per heavy atom. The van der Waals surface area contributed by atoms with Crippen molar-refractivity contribution in [2.75, 3.05) is 0 Å². The zero-order valence-electron chi connectivity index (χ0n) is 10.0. The monoisotopic (exact) mass is 359 g/mol. The molecule has 19 heavy (non-hydrogen) atoms. The number of rotatable bonds is 0. The second-order valence-corrected chi connectivity index (χ2v) is 5.81. The van der Waals surface area contributed by atoms with Crippen LogP contribution in [0.4, 0.5) is 0 Å². The first-order valence-electron chi connectivity index (χ1n) is 6.12. The molecule has 4 rings (SSSR count). The maximum Gasteiger partial charge on any atom is 0.182 e. The van der Waals surface area contributed by atoms with Crippen LogP contribution in [0.25, 0.3) is 22.6 Å². The van der Waals surface area contributed by atoms with Crippen molar-refractivity contribution < 1.29 is 4.42 Å². The van der Waals surface area contributed by atoms with Crippen molar-refractivity contribution in [1.82, 2.24) is 4.98 Å². The quantitative estimate of drug-likeness (QED) is 0.424. The van der Waals surface area contributed by atoms with Crippen molar-refractivity contribution >= 4 is 22.6 Å². The van der Waals surface area contributed by atoms with Gasteiger partial charge in [-0.15, -0.1) is 0 Å². The van der Waals surface area contributed by atoms with E-state index >= 15 is 0 Å². The molecule has 1 aliphatic carbocycles. The Morgan fingerprint density at radius 2 is 1.53 bits per heavy atom. The molecule has 2 nitrogen and oxygen atoms in total. The van der Waals surface area contributed by atoms with Gasteiger partial charge in [-0.3, -0.25) is 0 Å². The first-order chi connectivity index (χ1) is 9.36. The van der Waals surface area contributed by atoms with E-state index in [9.17, 15) is 0 Å². The lowest BCUT2D eigenvalue weighted by atomic mass is 10.00. The Bertz CT molecular complexity index is 701. The number of alkyl halides is 1. The molecule has 0 saturated heterocycles. The van der Waals surface area contributed by atoms with Crippen molar-refractivity contribution in [3.63, 3.8) is 0 Å². The third-order valence-electron chi connectivity index (χ3n) is 3.53. The number of nitrogens with zero attached hydrogens (tertiary/aromatic N) is 1. The Balaban J connectivity index is 2.15. The summed E-state index contributed by atoms with van der Waals surface area (Å²) in [4.78, 5) is 4.42. The predicted octanol–water partition coefficient (Wildman–Crippen LogP) is 4.85. The van der Waals surface area contributed by atoms with Crippen molar-refractivity contribution in [2.24, 2.45) is 0 Å². The maximum absolute atomic E-state index is 5.65. The summed E-state index contributed by atoms with van der Waals surface area (Å²) in [7, 11) is 0. The number of halogens is 1. The molecule has 1 heterocycles. The summed E-state index contributed by atoms with van der Waals surface area (Å²) in [5, 5.41) is 0. The molecule has 0 radical (unpaired) electrons. The van der Waals surface area contributed by atoms with Crippen molar-refractivity contribution in [3.8, 4) is 22.6 Å². The molecule has 1 aromatic heterocycles. The summed E-state index contributed by atoms with van der Waals surface area (Å²) in [6.07, 6.45) is 1.53. The van der Waals surface area contributed by atoms with Gasteiger partial charge in [-0.05, 0) is 11.1 Å². The van der Waals surface area contributed by atoms with E-state index in [1.165, 1.54) is 23.1 Å². The van der Waals surface area contributed by atoms with E-state index in [-0.39, 0.29) is 0 Å². The molecular formula is C16H10INO. The van der Waals surface area contributed by atoms with Gasteiger partial charge < -0.3 is 4.42 Å². The lowest BCUT2D eigenvalue weighted by Gasteiger charge is -2.13. The van der Waals surface area contributed by atoms with Gasteiger partial charge in [0.05, 0.1) is 3.92 Å². The largest absolute Gasteiger partial charge is 0.443 e. The number of hydrogen-bond acceptors (Lipinski definition) is 2. The van der Waals surface area contributed by atoms with Crippen LogP contribution in [0.15, 0.2) is 59.3 Å². The third kappa shape index (κ3) is 1.57. The molecule has 0 bridgehead atoms. The van der Waals surface area contributed by atoms with Crippen LogP contribution >= 0.6 is 22.6 Å². The first-order valence-corrected chi connectivity index (χ1v) is 7.37. The van der Waals surface area contributed by atoms with E-state index in [1.54, 1.807) is 0 Å². The Kier molecular flexibility index (Phi) is 2.48. The molecule has 2 aromatic carbocycles. The van der Waals surface area contributed by atoms with Crippen LogP contribution in [0.3, 0.4) is 0 Å². The Hall–Kier alpha value is -1.62. The fraction of sp³-hybridized carbons (Fsp3) is 0.0625. The highest BCUT2D eigenvalue weighted by atomic mass is 127. The molecule has 1 unspecified atom stereocenters. The number of oxazole rings is 1. The predicted molar refractivity (Wildman–Crippen MR) is 83.2 cm³/mol. The van der Waals surface area contributed by atoms with Crippen LogP contribution in [0.1, 0.15) is 15.1 Å². The molecule has 0 fully saturated rings. The summed E-state index contributed by atoms with van der Waals surface area (Å²) < 4.78 is 5.97. The van der Waals surface area contributed by atoms with E-state index in [0.717, 1.165) is 17.0 Å². The molecule has 0 aliphatic heterocycles. The van der Waals surface area contributed by atoms with Crippen LogP contribution in [0.5, 0.6) is 0 Å². The van der Waals surface area contributed by atoms with Gasteiger partial charge in [-0.1, -0.05) is 71.1 Å². The first kappa shape index (κ1) is 11.2. The highest BCUT2D eigenvalue weighted by Crippen LogP contribution is 2.47. The van der Waals surface area contributed by atoms with Crippen molar-refractivity contribution in [3.05, 3.63) is 66.1 Å². The summed E-state index contributed by atoms with van der Waals surface area (Å²) >= 11 is 2.49. The molecule has 1 atom stereocenters. The zero-order chi connectivity index (χ0) is 12.8. The molecule has 0 saturated carbocycles. The molecule has 3 heteroatoms. The van der Waals surface area contributed by atoms with Gasteiger partial charge in [0, 0.05) is 11.1 Å². The molecule has 0 spiro atoms. The van der Waals surface area contributed by atoms with Gasteiger partial charge in [0.2, 0.25) is 0 Å². The Labute approximate surface area is 124 Å². The van der Waals surface area contributed by atoms with Gasteiger partial charge in [-0.2, -0.15) is 0 Å². The van der Waals surface area contributed by atoms with Gasteiger partial charge in [0.15, 0.2) is 12.2 Å². The number of fused-ring (bicyclic) bond motifs is 5. The topological polar surface area (TPSA) is 26.0 Å². The second-order valence-electron chi connectivity index (χ2n) is 4.57. The normalized spacial score (nSPS) is 16.2.